The molecule has 2 heterocycles. The molecule has 0 bridgehead atoms. The van der Waals surface area contributed by atoms with E-state index in [4.69, 9.17) is 5.11 Å². The zero-order chi connectivity index (χ0) is 16.8. The van der Waals surface area contributed by atoms with Crippen LogP contribution in [0.3, 0.4) is 0 Å². The molecule has 2 fully saturated rings. The van der Waals surface area contributed by atoms with E-state index >= 15 is 0 Å². The summed E-state index contributed by atoms with van der Waals surface area (Å²) in [4.78, 5) is 29.6. The van der Waals surface area contributed by atoms with E-state index in [1.807, 2.05) is 16.8 Å². The fourth-order valence-electron chi connectivity index (χ4n) is 3.83. The molecule has 2 atom stereocenters. The molecule has 0 aromatic heterocycles. The predicted octanol–water partition coefficient (Wildman–Crippen LogP) is 1.26. The van der Waals surface area contributed by atoms with Gasteiger partial charge in [-0.05, 0) is 59.0 Å². The number of carbonyl (C=O) groups excluding carboxylic acids is 1. The Balaban J connectivity index is 1.81. The van der Waals surface area contributed by atoms with Crippen molar-refractivity contribution in [1.29, 1.82) is 0 Å². The van der Waals surface area contributed by atoms with Crippen molar-refractivity contribution in [3.8, 4) is 0 Å². The molecule has 0 aromatic carbocycles. The van der Waals surface area contributed by atoms with Gasteiger partial charge in [-0.25, -0.2) is 0 Å². The van der Waals surface area contributed by atoms with Gasteiger partial charge in [-0.3, -0.25) is 19.4 Å². The minimum Gasteiger partial charge on any atom is -0.480 e. The topological polar surface area (TPSA) is 64.1 Å². The maximum absolute atomic E-state index is 12.5. The highest BCUT2D eigenvalue weighted by atomic mass is 16.4. The molecule has 0 radical (unpaired) electrons. The number of hydrogen-bond donors (Lipinski definition) is 1. The van der Waals surface area contributed by atoms with Crippen molar-refractivity contribution in [2.75, 3.05) is 39.8 Å². The Morgan fingerprint density at radius 2 is 1.87 bits per heavy atom. The fourth-order valence-corrected chi connectivity index (χ4v) is 3.83. The Morgan fingerprint density at radius 1 is 1.09 bits per heavy atom. The van der Waals surface area contributed by atoms with Gasteiger partial charge in [0.1, 0.15) is 0 Å². The van der Waals surface area contributed by atoms with Crippen LogP contribution >= 0.6 is 0 Å². The van der Waals surface area contributed by atoms with Crippen molar-refractivity contribution >= 4 is 11.9 Å². The van der Waals surface area contributed by atoms with E-state index < -0.39 is 5.97 Å². The number of amides is 1. The predicted molar refractivity (Wildman–Crippen MR) is 89.4 cm³/mol. The fraction of sp³-hybridized carbons (Fsp3) is 0.882. The molecule has 0 spiro atoms. The molecule has 1 N–H and O–H groups in total. The monoisotopic (exact) mass is 325 g/mol. The zero-order valence-corrected chi connectivity index (χ0v) is 14.5. The highest BCUT2D eigenvalue weighted by molar-refractivity contribution is 5.78. The number of piperidine rings is 1. The quantitative estimate of drug-likeness (QED) is 0.824. The van der Waals surface area contributed by atoms with Gasteiger partial charge in [0.05, 0.1) is 13.1 Å². The summed E-state index contributed by atoms with van der Waals surface area (Å²) in [6, 6.07) is 0.679. The first kappa shape index (κ1) is 18.2. The third-order valence-corrected chi connectivity index (χ3v) is 5.28. The van der Waals surface area contributed by atoms with Crippen molar-refractivity contribution in [2.45, 2.75) is 57.5 Å². The molecular formula is C17H31N3O3. The molecule has 2 unspecified atom stereocenters. The van der Waals surface area contributed by atoms with E-state index in [0.29, 0.717) is 18.6 Å². The number of carboxylic acids is 1. The van der Waals surface area contributed by atoms with Gasteiger partial charge in [-0.2, -0.15) is 0 Å². The molecule has 23 heavy (non-hydrogen) atoms. The molecule has 0 aliphatic carbocycles. The van der Waals surface area contributed by atoms with Gasteiger partial charge in [0.2, 0.25) is 5.91 Å². The average Bonchev–Trinajstić information content (AvgIpc) is 2.72. The average molecular weight is 325 g/mol. The van der Waals surface area contributed by atoms with E-state index in [-0.39, 0.29) is 12.5 Å². The lowest BCUT2D eigenvalue weighted by Crippen LogP contribution is -2.47. The second kappa shape index (κ2) is 8.64. The number of carboxylic acid groups (broad SMARTS) is 1. The number of aliphatic carboxylic acids is 1. The van der Waals surface area contributed by atoms with Crippen LogP contribution in [-0.2, 0) is 9.59 Å². The molecule has 6 heteroatoms. The van der Waals surface area contributed by atoms with Crippen molar-refractivity contribution < 1.29 is 14.7 Å². The summed E-state index contributed by atoms with van der Waals surface area (Å²) in [5.74, 6) is -0.516. The first-order valence-corrected chi connectivity index (χ1v) is 8.91. The van der Waals surface area contributed by atoms with Gasteiger partial charge in [0.15, 0.2) is 0 Å². The van der Waals surface area contributed by atoms with Gasteiger partial charge >= 0.3 is 5.97 Å². The Bertz CT molecular complexity index is 416. The maximum Gasteiger partial charge on any atom is 0.317 e. The highest BCUT2D eigenvalue weighted by Crippen LogP contribution is 2.19. The summed E-state index contributed by atoms with van der Waals surface area (Å²) in [7, 11) is 1.88. The second-order valence-corrected chi connectivity index (χ2v) is 7.10. The summed E-state index contributed by atoms with van der Waals surface area (Å²) >= 11 is 0. The van der Waals surface area contributed by atoms with Crippen molar-refractivity contribution in [2.24, 2.45) is 0 Å². The highest BCUT2D eigenvalue weighted by Gasteiger charge is 2.27. The van der Waals surface area contributed by atoms with Crippen molar-refractivity contribution in [3.05, 3.63) is 0 Å². The maximum atomic E-state index is 12.5. The second-order valence-electron chi connectivity index (χ2n) is 7.10. The van der Waals surface area contributed by atoms with E-state index in [0.717, 1.165) is 51.7 Å². The number of rotatable bonds is 5. The largest absolute Gasteiger partial charge is 0.480 e. The van der Waals surface area contributed by atoms with E-state index in [1.165, 1.54) is 6.42 Å². The van der Waals surface area contributed by atoms with E-state index in [2.05, 4.69) is 11.8 Å². The van der Waals surface area contributed by atoms with Gasteiger partial charge in [0.25, 0.3) is 0 Å². The van der Waals surface area contributed by atoms with Crippen LogP contribution in [0.1, 0.15) is 45.4 Å². The van der Waals surface area contributed by atoms with Crippen LogP contribution in [-0.4, -0.2) is 83.5 Å². The number of nitrogens with zero attached hydrogens (tertiary/aromatic N) is 3. The van der Waals surface area contributed by atoms with Crippen LogP contribution in [0.4, 0.5) is 0 Å². The Hall–Kier alpha value is -1.14. The van der Waals surface area contributed by atoms with Gasteiger partial charge in [-0.1, -0.05) is 0 Å². The number of likely N-dealkylation sites (N-methyl/N-ethyl adjacent to an activating group) is 1. The standard InChI is InChI=1S/C17H31N3O3/c1-14-6-3-4-10-20(14)16(21)12-19-9-5-7-15(8-11-19)18(2)13-17(22)23/h14-15H,3-13H2,1-2H3,(H,22,23). The SMILES string of the molecule is CC1CCCCN1C(=O)CN1CCCC(N(C)CC(=O)O)CC1. The van der Waals surface area contributed by atoms with Gasteiger partial charge in [0, 0.05) is 25.2 Å². The van der Waals surface area contributed by atoms with E-state index in [1.54, 1.807) is 0 Å². The van der Waals surface area contributed by atoms with Gasteiger partial charge in [-0.15, -0.1) is 0 Å². The number of hydrogen-bond acceptors (Lipinski definition) is 4. The lowest BCUT2D eigenvalue weighted by Gasteiger charge is -2.35. The summed E-state index contributed by atoms with van der Waals surface area (Å²) in [6.07, 6.45) is 6.44. The summed E-state index contributed by atoms with van der Waals surface area (Å²) in [5, 5.41) is 8.92. The molecule has 2 rings (SSSR count). The summed E-state index contributed by atoms with van der Waals surface area (Å²) < 4.78 is 0. The minimum absolute atomic E-state index is 0.0922. The van der Waals surface area contributed by atoms with Crippen LogP contribution in [0.15, 0.2) is 0 Å². The molecule has 6 nitrogen and oxygen atoms in total. The first-order valence-electron chi connectivity index (χ1n) is 8.91. The molecule has 1 amide bonds. The van der Waals surface area contributed by atoms with Crippen LogP contribution in [0.25, 0.3) is 0 Å². The van der Waals surface area contributed by atoms with Crippen LogP contribution < -0.4 is 0 Å². The third-order valence-electron chi connectivity index (χ3n) is 5.28. The molecule has 2 aliphatic rings. The van der Waals surface area contributed by atoms with Crippen molar-refractivity contribution in [1.82, 2.24) is 14.7 Å². The van der Waals surface area contributed by atoms with Crippen molar-refractivity contribution in [3.63, 3.8) is 0 Å². The molecule has 132 valence electrons. The number of carbonyl (C=O) groups is 2. The smallest absolute Gasteiger partial charge is 0.317 e. The van der Waals surface area contributed by atoms with Gasteiger partial charge < -0.3 is 10.0 Å². The Morgan fingerprint density at radius 3 is 2.57 bits per heavy atom. The van der Waals surface area contributed by atoms with Crippen LogP contribution in [0.2, 0.25) is 0 Å². The molecule has 0 aromatic rings. The normalized spacial score (nSPS) is 27.0. The third kappa shape index (κ3) is 5.46. The lowest BCUT2D eigenvalue weighted by atomic mass is 10.0. The molecule has 2 saturated heterocycles. The number of likely N-dealkylation sites (tertiary alicyclic amines) is 2. The summed E-state index contributed by atoms with van der Waals surface area (Å²) in [6.45, 7) is 5.47. The van der Waals surface area contributed by atoms with Crippen LogP contribution in [0, 0.1) is 0 Å². The van der Waals surface area contributed by atoms with Crippen LogP contribution in [0.5, 0.6) is 0 Å². The summed E-state index contributed by atoms with van der Waals surface area (Å²) in [5.41, 5.74) is 0. The lowest BCUT2D eigenvalue weighted by molar-refractivity contribution is -0.138. The zero-order valence-electron chi connectivity index (χ0n) is 14.5. The van der Waals surface area contributed by atoms with E-state index in [9.17, 15) is 9.59 Å². The first-order chi connectivity index (χ1) is 11.0. The molecule has 2 aliphatic heterocycles. The Labute approximate surface area is 139 Å². The minimum atomic E-state index is -0.775. The Kier molecular flexibility index (Phi) is 6.84. The molecule has 0 saturated carbocycles. The molecular weight excluding hydrogens is 294 g/mol.